The molecule has 10 aromatic rings. The molecule has 0 unspecified atom stereocenters. The summed E-state index contributed by atoms with van der Waals surface area (Å²) < 4.78 is 19.4. The quantitative estimate of drug-likeness (QED) is 0.187. The number of allylic oxidation sites excluding steroid dienone is 1. The molecule has 6 heteroatoms. The molecule has 0 fully saturated rings. The maximum absolute atomic E-state index is 6.48. The van der Waals surface area contributed by atoms with Crippen molar-refractivity contribution in [2.24, 2.45) is 0 Å². The number of furan rings is 3. The van der Waals surface area contributed by atoms with E-state index < -0.39 is 0 Å². The minimum absolute atomic E-state index is 0.557. The van der Waals surface area contributed by atoms with Crippen LogP contribution in [-0.4, -0.2) is 15.0 Å². The zero-order valence-corrected chi connectivity index (χ0v) is 27.3. The minimum Gasteiger partial charge on any atom is -0.456 e. The van der Waals surface area contributed by atoms with E-state index in [2.05, 4.69) is 66.7 Å². The smallest absolute Gasteiger partial charge is 0.167 e. The van der Waals surface area contributed by atoms with Crippen molar-refractivity contribution in [2.75, 3.05) is 0 Å². The lowest BCUT2D eigenvalue weighted by Crippen LogP contribution is -2.00. The van der Waals surface area contributed by atoms with Crippen LogP contribution in [0.25, 0.3) is 106 Å². The van der Waals surface area contributed by atoms with Gasteiger partial charge in [0.2, 0.25) is 0 Å². The van der Waals surface area contributed by atoms with Crippen LogP contribution in [0.3, 0.4) is 0 Å². The SMILES string of the molecule is C1=Cc2oc3c(-c4nc(-c5ccccc5)nc(-c5cccc6oc7ccc(-c8cccc9c8oc8ccccc89)cc7c56)n4)cccc3c2CC1. The van der Waals surface area contributed by atoms with Crippen LogP contribution >= 0.6 is 0 Å². The third kappa shape index (κ3) is 4.33. The van der Waals surface area contributed by atoms with E-state index in [4.69, 9.17) is 28.2 Å². The number of fused-ring (bicyclic) bond motifs is 9. The maximum atomic E-state index is 6.48. The number of para-hydroxylation sites is 3. The van der Waals surface area contributed by atoms with Crippen molar-refractivity contribution in [1.29, 1.82) is 0 Å². The van der Waals surface area contributed by atoms with Crippen LogP contribution in [0.4, 0.5) is 0 Å². The fraction of sp³-hybridized carbons (Fsp3) is 0.0444. The molecule has 4 heterocycles. The van der Waals surface area contributed by atoms with Gasteiger partial charge in [0.05, 0.1) is 5.56 Å². The zero-order valence-electron chi connectivity index (χ0n) is 27.3. The summed E-state index contributed by atoms with van der Waals surface area (Å²) in [4.78, 5) is 15.3. The Bertz CT molecular complexity index is 3040. The lowest BCUT2D eigenvalue weighted by atomic mass is 9.99. The van der Waals surface area contributed by atoms with Crippen LogP contribution in [0.2, 0.25) is 0 Å². The Balaban J connectivity index is 1.14. The van der Waals surface area contributed by atoms with E-state index in [0.29, 0.717) is 17.5 Å². The molecular formula is C45H27N3O3. The van der Waals surface area contributed by atoms with E-state index >= 15 is 0 Å². The van der Waals surface area contributed by atoms with Crippen molar-refractivity contribution in [3.05, 3.63) is 145 Å². The summed E-state index contributed by atoms with van der Waals surface area (Å²) >= 11 is 0. The summed E-state index contributed by atoms with van der Waals surface area (Å²) in [6.45, 7) is 0. The molecule has 0 amide bonds. The first-order chi connectivity index (χ1) is 25.3. The predicted molar refractivity (Wildman–Crippen MR) is 203 cm³/mol. The molecule has 51 heavy (non-hydrogen) atoms. The van der Waals surface area contributed by atoms with Crippen LogP contribution in [0.15, 0.2) is 147 Å². The van der Waals surface area contributed by atoms with Crippen molar-refractivity contribution >= 4 is 60.9 Å². The Labute approximate surface area is 291 Å². The summed E-state index contributed by atoms with van der Waals surface area (Å²) in [7, 11) is 0. The molecule has 0 saturated carbocycles. The van der Waals surface area contributed by atoms with Gasteiger partial charge in [-0.2, -0.15) is 0 Å². The first kappa shape index (κ1) is 28.1. The third-order valence-corrected chi connectivity index (χ3v) is 10.0. The zero-order chi connectivity index (χ0) is 33.5. The molecule has 0 saturated heterocycles. The number of aromatic nitrogens is 3. The molecule has 11 rings (SSSR count). The highest BCUT2D eigenvalue weighted by Crippen LogP contribution is 2.42. The topological polar surface area (TPSA) is 78.1 Å². The summed E-state index contributed by atoms with van der Waals surface area (Å²) in [6.07, 6.45) is 6.18. The first-order valence-electron chi connectivity index (χ1n) is 17.2. The highest BCUT2D eigenvalue weighted by Gasteiger charge is 2.22. The second-order valence-electron chi connectivity index (χ2n) is 13.0. The molecule has 0 spiro atoms. The van der Waals surface area contributed by atoms with E-state index in [0.717, 1.165) is 101 Å². The van der Waals surface area contributed by atoms with Gasteiger partial charge in [-0.1, -0.05) is 103 Å². The van der Waals surface area contributed by atoms with Gasteiger partial charge in [0.15, 0.2) is 17.5 Å². The molecule has 0 atom stereocenters. The van der Waals surface area contributed by atoms with Crippen LogP contribution in [0.5, 0.6) is 0 Å². The van der Waals surface area contributed by atoms with E-state index in [-0.39, 0.29) is 0 Å². The fourth-order valence-electron chi connectivity index (χ4n) is 7.66. The monoisotopic (exact) mass is 657 g/mol. The first-order valence-corrected chi connectivity index (χ1v) is 17.2. The average Bonchev–Trinajstić information content (AvgIpc) is 3.89. The van der Waals surface area contributed by atoms with Crippen LogP contribution in [0, 0.1) is 0 Å². The molecule has 240 valence electrons. The van der Waals surface area contributed by atoms with Gasteiger partial charge in [0.25, 0.3) is 0 Å². The number of aryl methyl sites for hydroxylation is 1. The molecule has 4 aromatic heterocycles. The molecule has 0 radical (unpaired) electrons. The molecule has 1 aliphatic rings. The minimum atomic E-state index is 0.557. The molecule has 0 aliphatic heterocycles. The standard InChI is InChI=1S/C45H27N3O3/c1-2-11-26(12-3-1)43-46-44(48-45(47-43)34-19-9-17-32-30-14-5-7-21-37(30)51-42(32)34)33-18-10-22-39-40(33)35-25-27(23-24-38(35)49-39)28-15-8-16-31-29-13-4-6-20-36(29)50-41(28)31/h1-4,6-13,15-25H,5,14H2. The predicted octanol–water partition coefficient (Wildman–Crippen LogP) is 12.0. The van der Waals surface area contributed by atoms with Gasteiger partial charge in [-0.05, 0) is 54.8 Å². The molecule has 0 N–H and O–H groups in total. The number of nitrogens with zero attached hydrogens (tertiary/aromatic N) is 3. The molecule has 1 aliphatic carbocycles. The Morgan fingerprint density at radius 3 is 2.06 bits per heavy atom. The van der Waals surface area contributed by atoms with E-state index in [1.165, 1.54) is 5.56 Å². The highest BCUT2D eigenvalue weighted by atomic mass is 16.3. The average molecular weight is 658 g/mol. The number of hydrogen-bond acceptors (Lipinski definition) is 6. The van der Waals surface area contributed by atoms with E-state index in [1.807, 2.05) is 72.8 Å². The molecule has 0 bridgehead atoms. The van der Waals surface area contributed by atoms with E-state index in [9.17, 15) is 0 Å². The Kier molecular flexibility index (Phi) is 5.98. The highest BCUT2D eigenvalue weighted by molar-refractivity contribution is 6.14. The van der Waals surface area contributed by atoms with Crippen molar-refractivity contribution in [1.82, 2.24) is 15.0 Å². The second kappa shape index (κ2) is 10.9. The number of benzene rings is 6. The molecule has 6 aromatic carbocycles. The summed E-state index contributed by atoms with van der Waals surface area (Å²) in [5.41, 5.74) is 9.97. The van der Waals surface area contributed by atoms with Gasteiger partial charge < -0.3 is 13.3 Å². The lowest BCUT2D eigenvalue weighted by Gasteiger charge is -2.10. The van der Waals surface area contributed by atoms with Gasteiger partial charge >= 0.3 is 0 Å². The summed E-state index contributed by atoms with van der Waals surface area (Å²) in [5, 5.41) is 5.22. The normalized spacial score (nSPS) is 12.9. The fourth-order valence-corrected chi connectivity index (χ4v) is 7.66. The van der Waals surface area contributed by atoms with Crippen LogP contribution in [0.1, 0.15) is 17.7 Å². The van der Waals surface area contributed by atoms with Crippen LogP contribution < -0.4 is 0 Å². The van der Waals surface area contributed by atoms with Gasteiger partial charge in [0, 0.05) is 49.2 Å². The molecular weight excluding hydrogens is 631 g/mol. The number of rotatable bonds is 4. The lowest BCUT2D eigenvalue weighted by molar-refractivity contribution is 0.596. The van der Waals surface area contributed by atoms with Gasteiger partial charge in [-0.25, -0.2) is 15.0 Å². The summed E-state index contributed by atoms with van der Waals surface area (Å²) in [6, 6.07) is 43.2. The van der Waals surface area contributed by atoms with Crippen molar-refractivity contribution < 1.29 is 13.3 Å². The van der Waals surface area contributed by atoms with Crippen molar-refractivity contribution in [2.45, 2.75) is 12.8 Å². The second-order valence-corrected chi connectivity index (χ2v) is 13.0. The Morgan fingerprint density at radius 2 is 1.14 bits per heavy atom. The van der Waals surface area contributed by atoms with Gasteiger partial charge in [-0.15, -0.1) is 0 Å². The third-order valence-electron chi connectivity index (χ3n) is 10.0. The van der Waals surface area contributed by atoms with Gasteiger partial charge in [0.1, 0.15) is 33.7 Å². The van der Waals surface area contributed by atoms with Gasteiger partial charge in [-0.3, -0.25) is 0 Å². The van der Waals surface area contributed by atoms with Crippen LogP contribution in [-0.2, 0) is 6.42 Å². The Hall–Kier alpha value is -6.79. The summed E-state index contributed by atoms with van der Waals surface area (Å²) in [5.74, 6) is 2.61. The molecule has 6 nitrogen and oxygen atoms in total. The Morgan fingerprint density at radius 1 is 0.451 bits per heavy atom. The van der Waals surface area contributed by atoms with Crippen molar-refractivity contribution in [3.63, 3.8) is 0 Å². The van der Waals surface area contributed by atoms with E-state index in [1.54, 1.807) is 0 Å². The largest absolute Gasteiger partial charge is 0.456 e. The number of hydrogen-bond donors (Lipinski definition) is 0. The maximum Gasteiger partial charge on any atom is 0.167 e. The van der Waals surface area contributed by atoms with Crippen molar-refractivity contribution in [3.8, 4) is 45.3 Å².